The minimum Gasteiger partial charge on any atom is -0.193 e. The fourth-order valence-electron chi connectivity index (χ4n) is 0.730. The Kier molecular flexibility index (Phi) is 1.50. The van der Waals surface area contributed by atoms with Crippen molar-refractivity contribution >= 4 is 11.6 Å². The molecule has 0 aromatic carbocycles. The molecule has 0 amide bonds. The predicted octanol–water partition coefficient (Wildman–Crippen LogP) is 2.23. The fourth-order valence-corrected chi connectivity index (χ4v) is 0.879. The first-order chi connectivity index (χ1) is 4.19. The Bertz CT molecular complexity index is 184. The number of halogens is 1. The van der Waals surface area contributed by atoms with Crippen LogP contribution in [0, 0.1) is 11.3 Å². The third-order valence-electron chi connectivity index (χ3n) is 1.68. The van der Waals surface area contributed by atoms with E-state index >= 15 is 0 Å². The summed E-state index contributed by atoms with van der Waals surface area (Å²) in [6.45, 7) is 1.91. The number of nitriles is 1. The first kappa shape index (κ1) is 6.64. The largest absolute Gasteiger partial charge is 0.193 e. The molecule has 0 heterocycles. The molecule has 0 unspecified atom stereocenters. The zero-order valence-corrected chi connectivity index (χ0v) is 6.07. The van der Waals surface area contributed by atoms with Crippen molar-refractivity contribution in [2.75, 3.05) is 0 Å². The molecule has 1 fully saturated rings. The molecule has 0 radical (unpaired) electrons. The Labute approximate surface area is 59.9 Å². The summed E-state index contributed by atoms with van der Waals surface area (Å²) in [7, 11) is 0. The average molecular weight is 142 g/mol. The summed E-state index contributed by atoms with van der Waals surface area (Å²) in [5.74, 6) is 0. The van der Waals surface area contributed by atoms with Crippen LogP contribution in [0.1, 0.15) is 19.8 Å². The lowest BCUT2D eigenvalue weighted by Gasteiger charge is -2.01. The molecule has 0 aromatic rings. The summed E-state index contributed by atoms with van der Waals surface area (Å²) in [6.07, 6.45) is 3.58. The van der Waals surface area contributed by atoms with Gasteiger partial charge in [0.25, 0.3) is 0 Å². The van der Waals surface area contributed by atoms with E-state index in [4.69, 9.17) is 16.9 Å². The molecule has 0 spiro atoms. The van der Waals surface area contributed by atoms with Gasteiger partial charge >= 0.3 is 0 Å². The van der Waals surface area contributed by atoms with Gasteiger partial charge in [-0.15, -0.1) is 11.6 Å². The Morgan fingerprint density at radius 2 is 2.33 bits per heavy atom. The summed E-state index contributed by atoms with van der Waals surface area (Å²) in [4.78, 5) is -0.129. The van der Waals surface area contributed by atoms with Gasteiger partial charge in [0, 0.05) is 6.08 Å². The van der Waals surface area contributed by atoms with Gasteiger partial charge in [0.1, 0.15) is 0 Å². The summed E-state index contributed by atoms with van der Waals surface area (Å²) >= 11 is 5.95. The minimum atomic E-state index is -0.129. The van der Waals surface area contributed by atoms with Crippen LogP contribution in [0.3, 0.4) is 0 Å². The molecule has 48 valence electrons. The zero-order chi connectivity index (χ0) is 6.91. The molecule has 0 N–H and O–H groups in total. The molecule has 0 atom stereocenters. The maximum absolute atomic E-state index is 8.24. The monoisotopic (exact) mass is 141 g/mol. The summed E-state index contributed by atoms with van der Waals surface area (Å²) in [5.41, 5.74) is 1.01. The van der Waals surface area contributed by atoms with Crippen LogP contribution in [-0.2, 0) is 0 Å². The maximum Gasteiger partial charge on any atom is 0.0912 e. The van der Waals surface area contributed by atoms with Crippen LogP contribution in [0.2, 0.25) is 0 Å². The molecule has 2 heteroatoms. The third kappa shape index (κ3) is 1.25. The van der Waals surface area contributed by atoms with E-state index in [1.807, 2.05) is 13.0 Å². The van der Waals surface area contributed by atoms with Gasteiger partial charge in [-0.1, -0.05) is 0 Å². The lowest BCUT2D eigenvalue weighted by molar-refractivity contribution is 1.05. The van der Waals surface area contributed by atoms with E-state index in [9.17, 15) is 0 Å². The van der Waals surface area contributed by atoms with E-state index in [2.05, 4.69) is 0 Å². The summed E-state index contributed by atoms with van der Waals surface area (Å²) < 4.78 is 0. The number of hydrogen-bond donors (Lipinski definition) is 0. The highest BCUT2D eigenvalue weighted by Crippen LogP contribution is 2.48. The van der Waals surface area contributed by atoms with E-state index in [0.29, 0.717) is 0 Å². The highest BCUT2D eigenvalue weighted by atomic mass is 35.5. The number of allylic oxidation sites excluding steroid dienone is 2. The number of alkyl halides is 1. The quantitative estimate of drug-likeness (QED) is 0.406. The maximum atomic E-state index is 8.24. The van der Waals surface area contributed by atoms with E-state index in [-0.39, 0.29) is 4.87 Å². The fraction of sp³-hybridized carbons (Fsp3) is 0.571. The second-order valence-electron chi connectivity index (χ2n) is 2.42. The van der Waals surface area contributed by atoms with Crippen molar-refractivity contribution in [3.8, 4) is 6.07 Å². The lowest BCUT2D eigenvalue weighted by Crippen LogP contribution is -1.97. The van der Waals surface area contributed by atoms with E-state index < -0.39 is 0 Å². The number of rotatable bonds is 1. The molecule has 1 aliphatic carbocycles. The Balaban J connectivity index is 2.64. The van der Waals surface area contributed by atoms with E-state index in [0.717, 1.165) is 18.4 Å². The van der Waals surface area contributed by atoms with Crippen LogP contribution in [-0.4, -0.2) is 4.87 Å². The first-order valence-corrected chi connectivity index (χ1v) is 3.33. The van der Waals surface area contributed by atoms with Crippen molar-refractivity contribution in [2.45, 2.75) is 24.6 Å². The average Bonchev–Trinajstić information content (AvgIpc) is 2.50. The second kappa shape index (κ2) is 2.04. The van der Waals surface area contributed by atoms with Crippen LogP contribution < -0.4 is 0 Å². The van der Waals surface area contributed by atoms with E-state index in [1.165, 1.54) is 6.08 Å². The predicted molar refractivity (Wildman–Crippen MR) is 37.2 cm³/mol. The number of nitrogens with zero attached hydrogens (tertiary/aromatic N) is 1. The molecule has 0 saturated heterocycles. The van der Waals surface area contributed by atoms with Crippen molar-refractivity contribution in [3.05, 3.63) is 11.6 Å². The van der Waals surface area contributed by atoms with Gasteiger partial charge in [-0.3, -0.25) is 0 Å². The Morgan fingerprint density at radius 1 is 1.78 bits per heavy atom. The molecule has 1 nitrogen and oxygen atoms in total. The third-order valence-corrected chi connectivity index (χ3v) is 2.35. The Morgan fingerprint density at radius 3 is 2.67 bits per heavy atom. The summed E-state index contributed by atoms with van der Waals surface area (Å²) in [5, 5.41) is 8.24. The normalized spacial score (nSPS) is 23.0. The van der Waals surface area contributed by atoms with Crippen LogP contribution in [0.5, 0.6) is 0 Å². The highest BCUT2D eigenvalue weighted by Gasteiger charge is 2.41. The minimum absolute atomic E-state index is 0.129. The molecular formula is C7H8ClN. The van der Waals surface area contributed by atoms with Crippen molar-refractivity contribution in [3.63, 3.8) is 0 Å². The SMILES string of the molecule is C/C(=C\C#N)C1(Cl)CC1. The van der Waals surface area contributed by atoms with Gasteiger partial charge < -0.3 is 0 Å². The standard InChI is InChI=1S/C7H8ClN/c1-6(2-5-9)7(8)3-4-7/h2H,3-4H2,1H3/b6-2+. The van der Waals surface area contributed by atoms with Gasteiger partial charge in [0.05, 0.1) is 10.9 Å². The molecule has 1 aliphatic rings. The second-order valence-corrected chi connectivity index (χ2v) is 3.15. The molecular weight excluding hydrogens is 134 g/mol. The summed E-state index contributed by atoms with van der Waals surface area (Å²) in [6, 6.07) is 1.97. The molecule has 0 aromatic heterocycles. The van der Waals surface area contributed by atoms with E-state index in [1.54, 1.807) is 0 Å². The molecule has 1 rings (SSSR count). The van der Waals surface area contributed by atoms with Gasteiger partial charge in [0.15, 0.2) is 0 Å². The molecule has 0 bridgehead atoms. The van der Waals surface area contributed by atoms with Crippen LogP contribution in [0.25, 0.3) is 0 Å². The van der Waals surface area contributed by atoms with Gasteiger partial charge in [0.2, 0.25) is 0 Å². The first-order valence-electron chi connectivity index (χ1n) is 2.95. The number of hydrogen-bond acceptors (Lipinski definition) is 1. The van der Waals surface area contributed by atoms with Crippen molar-refractivity contribution in [2.24, 2.45) is 0 Å². The van der Waals surface area contributed by atoms with Crippen molar-refractivity contribution in [1.29, 1.82) is 5.26 Å². The van der Waals surface area contributed by atoms with Crippen molar-refractivity contribution in [1.82, 2.24) is 0 Å². The molecule has 9 heavy (non-hydrogen) atoms. The smallest absolute Gasteiger partial charge is 0.0912 e. The zero-order valence-electron chi connectivity index (χ0n) is 5.32. The van der Waals surface area contributed by atoms with Crippen LogP contribution in [0.15, 0.2) is 11.6 Å². The van der Waals surface area contributed by atoms with Gasteiger partial charge in [-0.2, -0.15) is 5.26 Å². The van der Waals surface area contributed by atoms with Crippen LogP contribution in [0.4, 0.5) is 0 Å². The topological polar surface area (TPSA) is 23.8 Å². The lowest BCUT2D eigenvalue weighted by atomic mass is 10.2. The highest BCUT2D eigenvalue weighted by molar-refractivity contribution is 6.27. The molecule has 1 saturated carbocycles. The van der Waals surface area contributed by atoms with Crippen molar-refractivity contribution < 1.29 is 0 Å². The van der Waals surface area contributed by atoms with Gasteiger partial charge in [-0.25, -0.2) is 0 Å². The van der Waals surface area contributed by atoms with Gasteiger partial charge in [-0.05, 0) is 25.3 Å². The van der Waals surface area contributed by atoms with Crippen LogP contribution >= 0.6 is 11.6 Å². The Hall–Kier alpha value is -0.480. The molecule has 0 aliphatic heterocycles.